The minimum atomic E-state index is -0.391. The fourth-order valence-corrected chi connectivity index (χ4v) is 4.14. The van der Waals surface area contributed by atoms with Crippen molar-refractivity contribution in [3.63, 3.8) is 0 Å². The van der Waals surface area contributed by atoms with Crippen molar-refractivity contribution in [3.8, 4) is 11.5 Å². The molecule has 0 fully saturated rings. The third kappa shape index (κ3) is 1.50. The molecule has 0 aromatic heterocycles. The number of aliphatic hydroxyl groups excluding tert-OH is 1. The zero-order valence-corrected chi connectivity index (χ0v) is 11.8. The predicted octanol–water partition coefficient (Wildman–Crippen LogP) is 2.74. The van der Waals surface area contributed by atoms with Crippen molar-refractivity contribution >= 4 is 0 Å². The topological polar surface area (TPSA) is 38.7 Å². The van der Waals surface area contributed by atoms with Gasteiger partial charge in [0.15, 0.2) is 11.5 Å². The molecule has 106 valence electrons. The third-order valence-corrected chi connectivity index (χ3v) is 5.09. The molecule has 0 saturated heterocycles. The monoisotopic (exact) mass is 272 g/mol. The average Bonchev–Trinajstić information content (AvgIpc) is 2.66. The van der Waals surface area contributed by atoms with Gasteiger partial charge in [-0.1, -0.05) is 24.6 Å². The normalized spacial score (nSPS) is 33.9. The van der Waals surface area contributed by atoms with Crippen LogP contribution in [0.5, 0.6) is 11.5 Å². The third-order valence-electron chi connectivity index (χ3n) is 5.09. The first-order valence-corrected chi connectivity index (χ1v) is 7.49. The number of aryl methyl sites for hydroxylation is 1. The highest BCUT2D eigenvalue weighted by Gasteiger charge is 2.51. The smallest absolute Gasteiger partial charge is 0.166 e. The van der Waals surface area contributed by atoms with Gasteiger partial charge in [-0.2, -0.15) is 0 Å². The van der Waals surface area contributed by atoms with Crippen molar-refractivity contribution in [2.45, 2.75) is 49.7 Å². The van der Waals surface area contributed by atoms with Crippen LogP contribution in [0.2, 0.25) is 0 Å². The van der Waals surface area contributed by atoms with Gasteiger partial charge in [-0.25, -0.2) is 0 Å². The number of hydrogen-bond acceptors (Lipinski definition) is 3. The molecule has 1 aliphatic heterocycles. The summed E-state index contributed by atoms with van der Waals surface area (Å²) >= 11 is 0. The lowest BCUT2D eigenvalue weighted by Crippen LogP contribution is -2.41. The molecule has 3 aliphatic rings. The van der Waals surface area contributed by atoms with Crippen molar-refractivity contribution in [2.75, 3.05) is 7.11 Å². The van der Waals surface area contributed by atoms with Crippen molar-refractivity contribution in [3.05, 3.63) is 35.4 Å². The maximum Gasteiger partial charge on any atom is 0.166 e. The van der Waals surface area contributed by atoms with Crippen LogP contribution in [0.4, 0.5) is 0 Å². The Kier molecular flexibility index (Phi) is 2.61. The Balaban J connectivity index is 1.96. The van der Waals surface area contributed by atoms with Crippen LogP contribution in [0.25, 0.3) is 0 Å². The van der Waals surface area contributed by atoms with Crippen LogP contribution in [0.1, 0.15) is 36.8 Å². The van der Waals surface area contributed by atoms with E-state index in [4.69, 9.17) is 9.47 Å². The first-order valence-electron chi connectivity index (χ1n) is 7.49. The number of methoxy groups -OCH3 is 1. The van der Waals surface area contributed by atoms with E-state index < -0.39 is 6.10 Å². The van der Waals surface area contributed by atoms with Gasteiger partial charge in [0.2, 0.25) is 0 Å². The minimum Gasteiger partial charge on any atom is -0.493 e. The molecule has 0 amide bonds. The summed E-state index contributed by atoms with van der Waals surface area (Å²) in [5.74, 6) is 1.73. The summed E-state index contributed by atoms with van der Waals surface area (Å²) in [7, 11) is 1.69. The van der Waals surface area contributed by atoms with Gasteiger partial charge in [-0.3, -0.25) is 0 Å². The van der Waals surface area contributed by atoms with Gasteiger partial charge in [-0.05, 0) is 30.9 Å². The summed E-state index contributed by atoms with van der Waals surface area (Å²) in [6.45, 7) is 0. The van der Waals surface area contributed by atoms with E-state index in [1.165, 1.54) is 24.0 Å². The van der Waals surface area contributed by atoms with Gasteiger partial charge in [0.25, 0.3) is 0 Å². The summed E-state index contributed by atoms with van der Waals surface area (Å²) in [6, 6.07) is 4.21. The minimum absolute atomic E-state index is 0.0467. The first kappa shape index (κ1) is 12.3. The van der Waals surface area contributed by atoms with Gasteiger partial charge in [0, 0.05) is 12.0 Å². The standard InChI is InChI=1S/C17H20O3/c1-19-13-6-5-11-4-2-3-8-17-9-7-12(18)10-14(17)20-16(13)15(11)17/h5-7,9,12,14,18H,2-4,8,10H2,1H3/t12?,14-,17?/m1/s1. The van der Waals surface area contributed by atoms with Crippen molar-refractivity contribution < 1.29 is 14.6 Å². The molecule has 3 heteroatoms. The molecule has 0 bridgehead atoms. The highest BCUT2D eigenvalue weighted by atomic mass is 16.5. The van der Waals surface area contributed by atoms with Crippen molar-refractivity contribution in [1.82, 2.24) is 0 Å². The molecule has 2 unspecified atom stereocenters. The summed E-state index contributed by atoms with van der Waals surface area (Å²) in [5, 5.41) is 9.93. The maximum atomic E-state index is 9.93. The Morgan fingerprint density at radius 2 is 2.25 bits per heavy atom. The average molecular weight is 272 g/mol. The van der Waals surface area contributed by atoms with E-state index >= 15 is 0 Å². The Bertz CT molecular complexity index is 578. The fraction of sp³-hybridized carbons (Fsp3) is 0.529. The quantitative estimate of drug-likeness (QED) is 0.799. The van der Waals surface area contributed by atoms with Gasteiger partial charge < -0.3 is 14.6 Å². The van der Waals surface area contributed by atoms with Crippen LogP contribution in [0, 0.1) is 0 Å². The zero-order valence-electron chi connectivity index (χ0n) is 11.8. The van der Waals surface area contributed by atoms with Crippen molar-refractivity contribution in [2.24, 2.45) is 0 Å². The zero-order chi connectivity index (χ0) is 13.7. The van der Waals surface area contributed by atoms with E-state index in [1.54, 1.807) is 7.11 Å². The van der Waals surface area contributed by atoms with Gasteiger partial charge in [-0.15, -0.1) is 0 Å². The molecule has 1 heterocycles. The number of benzene rings is 1. The molecule has 1 N–H and O–H groups in total. The molecular formula is C17H20O3. The van der Waals surface area contributed by atoms with E-state index in [0.717, 1.165) is 24.3 Å². The lowest BCUT2D eigenvalue weighted by molar-refractivity contribution is 0.0842. The fourth-order valence-electron chi connectivity index (χ4n) is 4.14. The number of rotatable bonds is 1. The van der Waals surface area contributed by atoms with E-state index in [2.05, 4.69) is 12.1 Å². The lowest BCUT2D eigenvalue weighted by atomic mass is 9.69. The molecular weight excluding hydrogens is 252 g/mol. The largest absolute Gasteiger partial charge is 0.493 e. The van der Waals surface area contributed by atoms with Crippen molar-refractivity contribution in [1.29, 1.82) is 0 Å². The summed E-state index contributed by atoms with van der Waals surface area (Å²) in [4.78, 5) is 0. The Morgan fingerprint density at radius 3 is 3.10 bits per heavy atom. The van der Waals surface area contributed by atoms with Gasteiger partial charge in [0.1, 0.15) is 6.10 Å². The molecule has 1 spiro atoms. The number of aliphatic hydroxyl groups is 1. The first-order chi connectivity index (χ1) is 9.74. The van der Waals surface area contributed by atoms with Gasteiger partial charge in [0.05, 0.1) is 18.6 Å². The van der Waals surface area contributed by atoms with Gasteiger partial charge >= 0.3 is 0 Å². The van der Waals surface area contributed by atoms with Crippen LogP contribution >= 0.6 is 0 Å². The highest BCUT2D eigenvalue weighted by molar-refractivity contribution is 5.60. The molecule has 1 aromatic rings. The summed E-state index contributed by atoms with van der Waals surface area (Å²) in [6.07, 6.45) is 9.13. The SMILES string of the molecule is COc1ccc2c3c1O[C@@H]1CC(O)C=CC31CCCC2. The second-order valence-corrected chi connectivity index (χ2v) is 6.15. The van der Waals surface area contributed by atoms with E-state index in [-0.39, 0.29) is 11.5 Å². The Hall–Kier alpha value is -1.48. The van der Waals surface area contributed by atoms with Crippen LogP contribution in [-0.4, -0.2) is 24.4 Å². The second-order valence-electron chi connectivity index (χ2n) is 6.15. The Labute approximate surface area is 119 Å². The molecule has 20 heavy (non-hydrogen) atoms. The molecule has 0 saturated carbocycles. The molecule has 3 atom stereocenters. The maximum absolute atomic E-state index is 9.93. The van der Waals surface area contributed by atoms with Crippen LogP contribution in [-0.2, 0) is 11.8 Å². The lowest BCUT2D eigenvalue weighted by Gasteiger charge is -2.35. The Morgan fingerprint density at radius 1 is 1.35 bits per heavy atom. The van der Waals surface area contributed by atoms with E-state index in [9.17, 15) is 5.11 Å². The summed E-state index contributed by atoms with van der Waals surface area (Å²) < 4.78 is 11.7. The molecule has 1 aromatic carbocycles. The highest BCUT2D eigenvalue weighted by Crippen LogP contribution is 2.56. The molecule has 4 rings (SSSR count). The summed E-state index contributed by atoms with van der Waals surface area (Å²) in [5.41, 5.74) is 2.67. The number of hydrogen-bond donors (Lipinski definition) is 1. The van der Waals surface area contributed by atoms with Crippen LogP contribution in [0.15, 0.2) is 24.3 Å². The van der Waals surface area contributed by atoms with Crippen LogP contribution in [0.3, 0.4) is 0 Å². The predicted molar refractivity (Wildman–Crippen MR) is 76.4 cm³/mol. The molecule has 0 radical (unpaired) electrons. The van der Waals surface area contributed by atoms with Crippen LogP contribution < -0.4 is 9.47 Å². The second kappa shape index (κ2) is 4.26. The number of ether oxygens (including phenoxy) is 2. The van der Waals surface area contributed by atoms with E-state index in [1.807, 2.05) is 12.1 Å². The molecule has 2 aliphatic carbocycles. The molecule has 3 nitrogen and oxygen atoms in total. The van der Waals surface area contributed by atoms with E-state index in [0.29, 0.717) is 6.42 Å².